The van der Waals surface area contributed by atoms with E-state index in [0.29, 0.717) is 23.1 Å². The van der Waals surface area contributed by atoms with E-state index in [0.717, 1.165) is 0 Å². The first-order valence-electron chi connectivity index (χ1n) is 18.7. The van der Waals surface area contributed by atoms with Gasteiger partial charge in [0, 0.05) is 46.9 Å². The van der Waals surface area contributed by atoms with Crippen LogP contribution in [0.25, 0.3) is 0 Å². The third-order valence-electron chi connectivity index (χ3n) is 10.5. The van der Waals surface area contributed by atoms with Crippen molar-refractivity contribution in [2.45, 2.75) is 68.6 Å². The number of hydrogen-bond acceptors (Lipinski definition) is 18. The molecular formula is C40H41N5O14. The maximum atomic E-state index is 14.6. The molecule has 3 heterocycles. The summed E-state index contributed by atoms with van der Waals surface area (Å²) in [5.74, 6) is -3.92. The van der Waals surface area contributed by atoms with E-state index in [1.165, 1.54) is 24.3 Å². The fourth-order valence-corrected chi connectivity index (χ4v) is 7.54. The van der Waals surface area contributed by atoms with Crippen molar-refractivity contribution in [1.82, 2.24) is 0 Å². The number of aliphatic hydroxyl groups excluding tert-OH is 7. The molecule has 7 atom stereocenters. The van der Waals surface area contributed by atoms with E-state index in [-0.39, 0.29) is 83.6 Å². The number of fused-ring (bicyclic) bond motifs is 3. The van der Waals surface area contributed by atoms with Gasteiger partial charge in [-0.2, -0.15) is 9.98 Å². The van der Waals surface area contributed by atoms with Gasteiger partial charge in [-0.3, -0.25) is 19.4 Å². The van der Waals surface area contributed by atoms with Gasteiger partial charge < -0.3 is 65.4 Å². The monoisotopic (exact) mass is 815 g/mol. The molecule has 19 heteroatoms. The molecule has 310 valence electrons. The number of nitrogens with two attached hydrogens (primary N) is 1. The summed E-state index contributed by atoms with van der Waals surface area (Å²) in [7, 11) is 0. The number of amides is 1. The summed E-state index contributed by atoms with van der Waals surface area (Å²) in [6.07, 6.45) is -10.0. The SMILES string of the molecule is NC1=NC(=O)C2=NCN(c3ccccc3[C@H](CCCO)c3cc4c(c(OC[C@H](O)CC=O)c3O[C@H]3O[C@@H](CO)[C@H](O)[C@@H](O)[C@@H]3O)C(=O)c3cc(CO)ccc3C4=O)C2=N1. The Morgan fingerprint density at radius 3 is 2.42 bits per heavy atom. The second kappa shape index (κ2) is 17.2. The number of ketones is 2. The number of amidine groups is 1. The van der Waals surface area contributed by atoms with Gasteiger partial charge in [0.05, 0.1) is 24.9 Å². The van der Waals surface area contributed by atoms with Gasteiger partial charge in [-0.05, 0) is 48.2 Å². The van der Waals surface area contributed by atoms with Gasteiger partial charge >= 0.3 is 5.91 Å². The van der Waals surface area contributed by atoms with Crippen LogP contribution in [0, 0.1) is 0 Å². The first-order chi connectivity index (χ1) is 28.4. The van der Waals surface area contributed by atoms with Crippen LogP contribution in [-0.2, 0) is 20.9 Å². The lowest BCUT2D eigenvalue weighted by atomic mass is 9.78. The normalized spacial score (nSPS) is 23.4. The minimum atomic E-state index is -1.97. The standard InChI is InChI=1S/C40H41N5O14/c41-40-43-37-29(38(56)44-40)42-17-45(37)26-6-2-1-4-21(26)20(5-3-10-46)24-13-25-28(31(52)23-12-18(14-48)7-8-22(23)30(25)51)36(57-16-19(50)9-11-47)35(24)59-39-34(55)33(54)32(53)27(15-49)58-39/h1-2,4,6-8,11-13,19-20,27,32-34,39,46,48-50,53-55H,3,5,9-10,14-17H2,(H2,41,44,56)/t19-,20+,27+,32+,33-,34+,39-/m1/s1. The largest absolute Gasteiger partial charge is 0.486 e. The molecule has 3 aromatic carbocycles. The molecule has 19 nitrogen and oxygen atoms in total. The number of benzene rings is 3. The maximum Gasteiger partial charge on any atom is 0.302 e. The van der Waals surface area contributed by atoms with Gasteiger partial charge in [-0.25, -0.2) is 0 Å². The minimum absolute atomic E-state index is 0.00785. The lowest BCUT2D eigenvalue weighted by Crippen LogP contribution is -2.60. The summed E-state index contributed by atoms with van der Waals surface area (Å²) in [4.78, 5) is 67.1. The molecule has 0 unspecified atom stereocenters. The zero-order valence-corrected chi connectivity index (χ0v) is 31.2. The van der Waals surface area contributed by atoms with Gasteiger partial charge in [0.2, 0.25) is 12.2 Å². The number of aldehydes is 1. The van der Waals surface area contributed by atoms with Crippen molar-refractivity contribution in [3.05, 3.63) is 87.5 Å². The predicted octanol–water partition coefficient (Wildman–Crippen LogP) is -1.16. The molecule has 1 amide bonds. The Labute approximate surface area is 335 Å². The van der Waals surface area contributed by atoms with Gasteiger partial charge in [-0.1, -0.05) is 24.3 Å². The van der Waals surface area contributed by atoms with Crippen LogP contribution >= 0.6 is 0 Å². The number of para-hydroxylation sites is 1. The van der Waals surface area contributed by atoms with E-state index < -0.39 is 85.8 Å². The van der Waals surface area contributed by atoms with Crippen molar-refractivity contribution in [3.8, 4) is 11.5 Å². The molecule has 1 aliphatic carbocycles. The molecule has 9 N–H and O–H groups in total. The Balaban J connectivity index is 1.49. The van der Waals surface area contributed by atoms with Crippen molar-refractivity contribution in [3.63, 3.8) is 0 Å². The smallest absolute Gasteiger partial charge is 0.302 e. The lowest BCUT2D eigenvalue weighted by Gasteiger charge is -2.40. The average Bonchev–Trinajstić information content (AvgIpc) is 3.66. The highest BCUT2D eigenvalue weighted by molar-refractivity contribution is 6.72. The highest BCUT2D eigenvalue weighted by Crippen LogP contribution is 2.49. The number of hydrogen-bond donors (Lipinski definition) is 8. The third-order valence-corrected chi connectivity index (χ3v) is 10.5. The van der Waals surface area contributed by atoms with Gasteiger partial charge in [0.1, 0.15) is 44.0 Å². The quantitative estimate of drug-likeness (QED) is 0.0657. The first-order valence-corrected chi connectivity index (χ1v) is 18.7. The van der Waals surface area contributed by atoms with Crippen LogP contribution in [0.3, 0.4) is 0 Å². The highest BCUT2D eigenvalue weighted by atomic mass is 16.7. The molecule has 0 spiro atoms. The van der Waals surface area contributed by atoms with Crippen LogP contribution in [0.15, 0.2) is 63.5 Å². The Morgan fingerprint density at radius 2 is 1.69 bits per heavy atom. The van der Waals surface area contributed by atoms with E-state index in [4.69, 9.17) is 19.9 Å². The molecule has 0 bridgehead atoms. The Hall–Kier alpha value is -5.77. The van der Waals surface area contributed by atoms with Crippen LogP contribution in [0.1, 0.15) is 73.7 Å². The number of carbonyl (C=O) groups excluding carboxylic acids is 4. The number of carbonyl (C=O) groups is 4. The summed E-state index contributed by atoms with van der Waals surface area (Å²) in [6.45, 7) is -2.27. The minimum Gasteiger partial charge on any atom is -0.486 e. The second-order valence-corrected chi connectivity index (χ2v) is 14.2. The summed E-state index contributed by atoms with van der Waals surface area (Å²) >= 11 is 0. The first kappa shape index (κ1) is 41.4. The Morgan fingerprint density at radius 1 is 0.915 bits per heavy atom. The van der Waals surface area contributed by atoms with Gasteiger partial charge in [0.15, 0.2) is 34.6 Å². The zero-order valence-electron chi connectivity index (χ0n) is 31.2. The number of rotatable bonds is 15. The zero-order chi connectivity index (χ0) is 42.1. The van der Waals surface area contributed by atoms with E-state index >= 15 is 0 Å². The number of aliphatic imine (C=N–C) groups is 3. The molecule has 3 aromatic rings. The second-order valence-electron chi connectivity index (χ2n) is 14.2. The Bertz CT molecular complexity index is 2270. The summed E-state index contributed by atoms with van der Waals surface area (Å²) < 4.78 is 18.3. The van der Waals surface area contributed by atoms with E-state index in [2.05, 4.69) is 15.0 Å². The van der Waals surface area contributed by atoms with E-state index in [1.807, 2.05) is 0 Å². The molecule has 0 saturated carbocycles. The highest BCUT2D eigenvalue weighted by Gasteiger charge is 2.47. The number of anilines is 1. The molecule has 4 aliphatic rings. The van der Waals surface area contributed by atoms with Crippen LogP contribution < -0.4 is 20.1 Å². The summed E-state index contributed by atoms with van der Waals surface area (Å²) in [5.41, 5.74) is 6.62. The van der Waals surface area contributed by atoms with Crippen molar-refractivity contribution in [1.29, 1.82) is 0 Å². The number of aliphatic hydroxyl groups is 7. The predicted molar refractivity (Wildman–Crippen MR) is 206 cm³/mol. The fourth-order valence-electron chi connectivity index (χ4n) is 7.54. The van der Waals surface area contributed by atoms with Crippen LogP contribution in [0.4, 0.5) is 5.69 Å². The van der Waals surface area contributed by atoms with Crippen molar-refractivity contribution >= 4 is 47.0 Å². The van der Waals surface area contributed by atoms with Crippen molar-refractivity contribution in [2.75, 3.05) is 31.4 Å². The maximum absolute atomic E-state index is 14.6. The van der Waals surface area contributed by atoms with Gasteiger partial charge in [-0.15, -0.1) is 0 Å². The molecule has 7 rings (SSSR count). The van der Waals surface area contributed by atoms with E-state index in [1.54, 1.807) is 29.2 Å². The van der Waals surface area contributed by atoms with Crippen molar-refractivity contribution < 1.29 is 69.1 Å². The molecule has 59 heavy (non-hydrogen) atoms. The average molecular weight is 816 g/mol. The fraction of sp³-hybridized carbons (Fsp3) is 0.375. The molecule has 3 aliphatic heterocycles. The van der Waals surface area contributed by atoms with Gasteiger partial charge in [0.25, 0.3) is 0 Å². The number of guanidine groups is 1. The molecule has 0 aromatic heterocycles. The number of ether oxygens (including phenoxy) is 3. The van der Waals surface area contributed by atoms with Crippen LogP contribution in [0.2, 0.25) is 0 Å². The van der Waals surface area contributed by atoms with Crippen molar-refractivity contribution in [2.24, 2.45) is 20.7 Å². The number of nitrogens with zero attached hydrogens (tertiary/aromatic N) is 4. The topological polar surface area (TPSA) is 304 Å². The Kier molecular flexibility index (Phi) is 12.1. The third kappa shape index (κ3) is 7.65. The molecular weight excluding hydrogens is 774 g/mol. The molecule has 1 fully saturated rings. The summed E-state index contributed by atoms with van der Waals surface area (Å²) in [6, 6.07) is 12.5. The molecule has 1 saturated heterocycles. The lowest BCUT2D eigenvalue weighted by molar-refractivity contribution is -0.277. The van der Waals surface area contributed by atoms with Crippen LogP contribution in [-0.4, -0.2) is 140 Å². The van der Waals surface area contributed by atoms with Crippen LogP contribution in [0.5, 0.6) is 11.5 Å². The molecule has 0 radical (unpaired) electrons. The van der Waals surface area contributed by atoms with E-state index in [9.17, 15) is 54.9 Å². The summed E-state index contributed by atoms with van der Waals surface area (Å²) in [5, 5.41) is 73.3.